The molecule has 15 heavy (non-hydrogen) atoms. The van der Waals surface area contributed by atoms with Gasteiger partial charge in [0.15, 0.2) is 0 Å². The third-order valence-electron chi connectivity index (χ3n) is 1.84. The van der Waals surface area contributed by atoms with Gasteiger partial charge in [0.1, 0.15) is 0 Å². The maximum Gasteiger partial charge on any atom is 0.312 e. The average molecular weight is 207 g/mol. The molecule has 0 radical (unpaired) electrons. The highest BCUT2D eigenvalue weighted by Gasteiger charge is 2.10. The van der Waals surface area contributed by atoms with E-state index < -0.39 is 5.97 Å². The van der Waals surface area contributed by atoms with Gasteiger partial charge in [0.2, 0.25) is 0 Å². The van der Waals surface area contributed by atoms with Crippen LogP contribution in [0.5, 0.6) is 0 Å². The molecule has 0 unspecified atom stereocenters. The Bertz CT molecular complexity index is 346. The zero-order valence-electron chi connectivity index (χ0n) is 8.51. The Hall–Kier alpha value is -1.84. The Morgan fingerprint density at radius 2 is 2.07 bits per heavy atom. The van der Waals surface area contributed by atoms with Crippen molar-refractivity contribution in [2.75, 3.05) is 6.61 Å². The van der Waals surface area contributed by atoms with Crippen LogP contribution >= 0.6 is 0 Å². The summed E-state index contributed by atoms with van der Waals surface area (Å²) in [6, 6.07) is 9.02. The van der Waals surface area contributed by atoms with Crippen LogP contribution in [0.15, 0.2) is 35.5 Å². The van der Waals surface area contributed by atoms with Crippen molar-refractivity contribution in [3.05, 3.63) is 35.9 Å². The molecule has 0 aliphatic carbocycles. The highest BCUT2D eigenvalue weighted by molar-refractivity contribution is 6.09. The van der Waals surface area contributed by atoms with Crippen molar-refractivity contribution >= 4 is 11.7 Å². The van der Waals surface area contributed by atoms with E-state index in [9.17, 15) is 4.79 Å². The standard InChI is InChI=1S/C11H13NO3/c1-2-15-11(13)8-10(12-14)9-6-4-3-5-7-9/h3-7,14H,2,8H2,1H3/b12-10+. The van der Waals surface area contributed by atoms with Crippen molar-refractivity contribution in [1.29, 1.82) is 0 Å². The number of hydrogen-bond acceptors (Lipinski definition) is 4. The zero-order chi connectivity index (χ0) is 11.1. The fraction of sp³-hybridized carbons (Fsp3) is 0.273. The molecule has 0 saturated carbocycles. The SMILES string of the molecule is CCOC(=O)C/C(=N\O)c1ccccc1. The Morgan fingerprint density at radius 1 is 1.40 bits per heavy atom. The second-order valence-corrected chi connectivity index (χ2v) is 2.89. The van der Waals surface area contributed by atoms with Gasteiger partial charge in [-0.25, -0.2) is 0 Å². The van der Waals surface area contributed by atoms with Crippen molar-refractivity contribution in [1.82, 2.24) is 0 Å². The fourth-order valence-corrected chi connectivity index (χ4v) is 1.17. The second-order valence-electron chi connectivity index (χ2n) is 2.89. The van der Waals surface area contributed by atoms with Crippen LogP contribution in [0.25, 0.3) is 0 Å². The number of benzene rings is 1. The predicted octanol–water partition coefficient (Wildman–Crippen LogP) is 1.82. The minimum Gasteiger partial charge on any atom is -0.466 e. The zero-order valence-corrected chi connectivity index (χ0v) is 8.51. The highest BCUT2D eigenvalue weighted by atomic mass is 16.5. The lowest BCUT2D eigenvalue weighted by molar-refractivity contribution is -0.141. The normalized spacial score (nSPS) is 11.1. The third-order valence-corrected chi connectivity index (χ3v) is 1.84. The first-order valence-electron chi connectivity index (χ1n) is 4.70. The number of carbonyl (C=O) groups is 1. The minimum absolute atomic E-state index is 0.0195. The minimum atomic E-state index is -0.394. The van der Waals surface area contributed by atoms with Gasteiger partial charge >= 0.3 is 5.97 Å². The monoisotopic (exact) mass is 207 g/mol. The van der Waals surface area contributed by atoms with Gasteiger partial charge in [0.05, 0.1) is 18.7 Å². The molecule has 0 amide bonds. The fourth-order valence-electron chi connectivity index (χ4n) is 1.17. The summed E-state index contributed by atoms with van der Waals surface area (Å²) in [6.45, 7) is 2.06. The average Bonchev–Trinajstić information content (AvgIpc) is 2.27. The molecule has 1 rings (SSSR count). The Kier molecular flexibility index (Phi) is 4.34. The number of ether oxygens (including phenoxy) is 1. The van der Waals surface area contributed by atoms with Crippen LogP contribution < -0.4 is 0 Å². The summed E-state index contributed by atoms with van der Waals surface area (Å²) in [4.78, 5) is 11.2. The highest BCUT2D eigenvalue weighted by Crippen LogP contribution is 2.05. The van der Waals surface area contributed by atoms with Gasteiger partial charge in [-0.3, -0.25) is 4.79 Å². The second kappa shape index (κ2) is 5.80. The summed E-state index contributed by atoms with van der Waals surface area (Å²) in [5, 5.41) is 11.9. The van der Waals surface area contributed by atoms with Crippen molar-refractivity contribution in [2.45, 2.75) is 13.3 Å². The van der Waals surface area contributed by atoms with E-state index in [2.05, 4.69) is 5.16 Å². The Balaban J connectivity index is 2.70. The van der Waals surface area contributed by atoms with Crippen LogP contribution in [-0.4, -0.2) is 23.5 Å². The van der Waals surface area contributed by atoms with Gasteiger partial charge in [0, 0.05) is 0 Å². The van der Waals surface area contributed by atoms with Crippen LogP contribution in [0.4, 0.5) is 0 Å². The first kappa shape index (κ1) is 11.2. The Morgan fingerprint density at radius 3 is 2.60 bits per heavy atom. The van der Waals surface area contributed by atoms with Gasteiger partial charge in [-0.2, -0.15) is 0 Å². The quantitative estimate of drug-likeness (QED) is 0.354. The summed E-state index contributed by atoms with van der Waals surface area (Å²) >= 11 is 0. The van der Waals surface area contributed by atoms with Crippen molar-refractivity contribution < 1.29 is 14.7 Å². The van der Waals surface area contributed by atoms with E-state index >= 15 is 0 Å². The molecule has 4 heteroatoms. The molecule has 0 aliphatic rings. The molecule has 0 saturated heterocycles. The molecule has 0 spiro atoms. The summed E-state index contributed by atoms with van der Waals surface area (Å²) in [5.74, 6) is -0.394. The first-order chi connectivity index (χ1) is 7.27. The number of rotatable bonds is 4. The molecule has 0 aromatic heterocycles. The molecule has 0 aliphatic heterocycles. The maximum atomic E-state index is 11.2. The lowest BCUT2D eigenvalue weighted by atomic mass is 10.1. The molecule has 4 nitrogen and oxygen atoms in total. The van der Waals surface area contributed by atoms with E-state index in [1.807, 2.05) is 18.2 Å². The molecule has 0 atom stereocenters. The topological polar surface area (TPSA) is 58.9 Å². The van der Waals surface area contributed by atoms with Crippen LogP contribution in [0, 0.1) is 0 Å². The van der Waals surface area contributed by atoms with E-state index in [4.69, 9.17) is 9.94 Å². The van der Waals surface area contributed by atoms with E-state index in [0.29, 0.717) is 17.9 Å². The molecule has 0 heterocycles. The number of carbonyl (C=O) groups excluding carboxylic acids is 1. The van der Waals surface area contributed by atoms with Gasteiger partial charge < -0.3 is 9.94 Å². The van der Waals surface area contributed by atoms with Gasteiger partial charge in [-0.05, 0) is 12.5 Å². The molecule has 1 aromatic carbocycles. The Labute approximate surface area is 88.2 Å². The summed E-state index contributed by atoms with van der Waals surface area (Å²) < 4.78 is 4.76. The van der Waals surface area contributed by atoms with Gasteiger partial charge in [-0.15, -0.1) is 0 Å². The molecular formula is C11H13NO3. The summed E-state index contributed by atoms with van der Waals surface area (Å²) in [6.07, 6.45) is -0.0195. The lowest BCUT2D eigenvalue weighted by Crippen LogP contribution is -2.12. The van der Waals surface area contributed by atoms with Crippen LogP contribution in [-0.2, 0) is 9.53 Å². The van der Waals surface area contributed by atoms with Gasteiger partial charge in [0.25, 0.3) is 0 Å². The maximum absolute atomic E-state index is 11.2. The number of esters is 1. The number of nitrogens with zero attached hydrogens (tertiary/aromatic N) is 1. The molecule has 0 bridgehead atoms. The van der Waals surface area contributed by atoms with E-state index in [1.165, 1.54) is 0 Å². The van der Waals surface area contributed by atoms with E-state index in [1.54, 1.807) is 19.1 Å². The van der Waals surface area contributed by atoms with Crippen LogP contribution in [0.3, 0.4) is 0 Å². The van der Waals surface area contributed by atoms with Crippen molar-refractivity contribution in [3.8, 4) is 0 Å². The smallest absolute Gasteiger partial charge is 0.312 e. The largest absolute Gasteiger partial charge is 0.466 e. The summed E-state index contributed by atoms with van der Waals surface area (Å²) in [5.41, 5.74) is 1.03. The van der Waals surface area contributed by atoms with Crippen molar-refractivity contribution in [3.63, 3.8) is 0 Å². The molecule has 1 aromatic rings. The predicted molar refractivity (Wildman–Crippen MR) is 56.0 cm³/mol. The number of oxime groups is 1. The molecule has 0 fully saturated rings. The van der Waals surface area contributed by atoms with Gasteiger partial charge in [-0.1, -0.05) is 35.5 Å². The van der Waals surface area contributed by atoms with Crippen molar-refractivity contribution in [2.24, 2.45) is 5.16 Å². The molecule has 80 valence electrons. The first-order valence-corrected chi connectivity index (χ1v) is 4.70. The molecular weight excluding hydrogens is 194 g/mol. The van der Waals surface area contributed by atoms with E-state index in [0.717, 1.165) is 0 Å². The summed E-state index contributed by atoms with van der Waals surface area (Å²) in [7, 11) is 0. The lowest BCUT2D eigenvalue weighted by Gasteiger charge is -2.03. The number of hydrogen-bond donors (Lipinski definition) is 1. The van der Waals surface area contributed by atoms with Crippen LogP contribution in [0.1, 0.15) is 18.9 Å². The molecule has 1 N–H and O–H groups in total. The van der Waals surface area contributed by atoms with Crippen LogP contribution in [0.2, 0.25) is 0 Å². The van der Waals surface area contributed by atoms with E-state index in [-0.39, 0.29) is 6.42 Å². The third kappa shape index (κ3) is 3.42.